The molecule has 0 amide bonds. The highest BCUT2D eigenvalue weighted by Gasteiger charge is 2.18. The summed E-state index contributed by atoms with van der Waals surface area (Å²) in [6.45, 7) is 0. The molecule has 0 spiro atoms. The maximum absolute atomic E-state index is 6.32. The fourth-order valence-electron chi connectivity index (χ4n) is 7.13. The summed E-state index contributed by atoms with van der Waals surface area (Å²) in [4.78, 5) is 15.3. The van der Waals surface area contributed by atoms with Gasteiger partial charge in [-0.3, -0.25) is 0 Å². The van der Waals surface area contributed by atoms with Crippen LogP contribution in [0.1, 0.15) is 0 Å². The largest absolute Gasteiger partial charge is 0.456 e. The topological polar surface area (TPSA) is 51.8 Å². The van der Waals surface area contributed by atoms with Gasteiger partial charge in [-0.2, -0.15) is 0 Å². The van der Waals surface area contributed by atoms with Crippen molar-refractivity contribution in [2.75, 3.05) is 0 Å². The van der Waals surface area contributed by atoms with E-state index in [1.54, 1.807) is 0 Å². The molecule has 228 valence electrons. The molecule has 0 N–H and O–H groups in total. The predicted octanol–water partition coefficient (Wildman–Crippen LogP) is 11.9. The first-order chi connectivity index (χ1) is 24.3. The van der Waals surface area contributed by atoms with Crippen LogP contribution in [0.2, 0.25) is 0 Å². The second kappa shape index (κ2) is 11.0. The third kappa shape index (κ3) is 4.57. The van der Waals surface area contributed by atoms with Gasteiger partial charge in [0.2, 0.25) is 0 Å². The number of rotatable bonds is 4. The van der Waals surface area contributed by atoms with Gasteiger partial charge in [0.25, 0.3) is 0 Å². The zero-order valence-electron chi connectivity index (χ0n) is 26.3. The molecule has 4 heteroatoms. The molecule has 0 unspecified atom stereocenters. The van der Waals surface area contributed by atoms with Crippen LogP contribution in [0.4, 0.5) is 0 Å². The highest BCUT2D eigenvalue weighted by atomic mass is 16.3. The number of benzene rings is 8. The normalized spacial score (nSPS) is 11.7. The van der Waals surface area contributed by atoms with Gasteiger partial charge in [-0.1, -0.05) is 133 Å². The van der Waals surface area contributed by atoms with Gasteiger partial charge in [0.05, 0.1) is 0 Å². The summed E-state index contributed by atoms with van der Waals surface area (Å²) >= 11 is 0. The zero-order chi connectivity index (χ0) is 32.3. The molecule has 8 aromatic carbocycles. The van der Waals surface area contributed by atoms with E-state index < -0.39 is 0 Å². The van der Waals surface area contributed by atoms with Gasteiger partial charge in [0.15, 0.2) is 17.5 Å². The summed E-state index contributed by atoms with van der Waals surface area (Å²) in [6.07, 6.45) is 0. The van der Waals surface area contributed by atoms with E-state index in [-0.39, 0.29) is 0 Å². The molecule has 10 aromatic rings. The van der Waals surface area contributed by atoms with Crippen LogP contribution in [0.5, 0.6) is 0 Å². The average Bonchev–Trinajstić information content (AvgIpc) is 3.53. The minimum Gasteiger partial charge on any atom is -0.456 e. The number of furan rings is 1. The van der Waals surface area contributed by atoms with E-state index in [1.807, 2.05) is 30.3 Å². The van der Waals surface area contributed by atoms with Crippen molar-refractivity contribution in [3.8, 4) is 45.3 Å². The van der Waals surface area contributed by atoms with Gasteiger partial charge in [0.1, 0.15) is 11.2 Å². The van der Waals surface area contributed by atoms with Gasteiger partial charge >= 0.3 is 0 Å². The lowest BCUT2D eigenvalue weighted by Gasteiger charge is -2.14. The predicted molar refractivity (Wildman–Crippen MR) is 201 cm³/mol. The molecule has 0 fully saturated rings. The third-order valence-electron chi connectivity index (χ3n) is 9.51. The molecule has 2 heterocycles. The van der Waals surface area contributed by atoms with E-state index in [9.17, 15) is 0 Å². The molecule has 0 aliphatic carbocycles. The Morgan fingerprint density at radius 2 is 0.878 bits per heavy atom. The Bertz CT molecular complexity index is 2890. The Kier molecular flexibility index (Phi) is 6.15. The van der Waals surface area contributed by atoms with Crippen molar-refractivity contribution < 1.29 is 4.42 Å². The van der Waals surface area contributed by atoms with Gasteiger partial charge < -0.3 is 4.42 Å². The Labute approximate surface area is 282 Å². The van der Waals surface area contributed by atoms with Crippen LogP contribution in [-0.4, -0.2) is 15.0 Å². The number of nitrogens with zero attached hydrogens (tertiary/aromatic N) is 3. The van der Waals surface area contributed by atoms with Crippen molar-refractivity contribution in [1.29, 1.82) is 0 Å². The van der Waals surface area contributed by atoms with E-state index >= 15 is 0 Å². The number of aromatic nitrogens is 3. The van der Waals surface area contributed by atoms with Crippen LogP contribution in [0, 0.1) is 0 Å². The number of fused-ring (bicyclic) bond motifs is 6. The maximum Gasteiger partial charge on any atom is 0.164 e. The standard InChI is InChI=1S/C45H27N3O/c1-2-12-29(13-3-1)43-46-44(37-20-10-16-28-11-6-7-17-33(28)37)48-45(47-43)38-23-22-34(35-18-8-9-19-36(35)38)32-21-24-41-39(26-32)40-25-30-14-4-5-15-31(30)27-42(40)49-41/h1-27H. The van der Waals surface area contributed by atoms with E-state index in [0.29, 0.717) is 17.5 Å². The molecule has 0 atom stereocenters. The van der Waals surface area contributed by atoms with E-state index in [4.69, 9.17) is 19.4 Å². The summed E-state index contributed by atoms with van der Waals surface area (Å²) in [6, 6.07) is 57.0. The molecule has 0 aliphatic heterocycles. The monoisotopic (exact) mass is 625 g/mol. The van der Waals surface area contributed by atoms with Gasteiger partial charge in [0, 0.05) is 27.5 Å². The Morgan fingerprint density at radius 3 is 1.67 bits per heavy atom. The van der Waals surface area contributed by atoms with Crippen LogP contribution < -0.4 is 0 Å². The summed E-state index contributed by atoms with van der Waals surface area (Å²) in [5, 5.41) is 9.07. The minimum absolute atomic E-state index is 0.641. The fourth-order valence-corrected chi connectivity index (χ4v) is 7.13. The van der Waals surface area contributed by atoms with Crippen molar-refractivity contribution in [2.45, 2.75) is 0 Å². The smallest absolute Gasteiger partial charge is 0.164 e. The van der Waals surface area contributed by atoms with Gasteiger partial charge in [-0.15, -0.1) is 0 Å². The van der Waals surface area contributed by atoms with Crippen LogP contribution in [-0.2, 0) is 0 Å². The molecule has 10 rings (SSSR count). The fraction of sp³-hybridized carbons (Fsp3) is 0. The Morgan fingerprint density at radius 1 is 0.306 bits per heavy atom. The maximum atomic E-state index is 6.32. The Balaban J connectivity index is 1.17. The second-order valence-corrected chi connectivity index (χ2v) is 12.4. The highest BCUT2D eigenvalue weighted by molar-refractivity contribution is 6.12. The molecule has 0 bridgehead atoms. The molecule has 0 saturated carbocycles. The van der Waals surface area contributed by atoms with Crippen molar-refractivity contribution in [1.82, 2.24) is 15.0 Å². The third-order valence-corrected chi connectivity index (χ3v) is 9.51. The SMILES string of the molecule is c1ccc(-c2nc(-c3cccc4ccccc34)nc(-c3ccc(-c4ccc5oc6cc7ccccc7cc6c5c4)c4ccccc34)n2)cc1. The van der Waals surface area contributed by atoms with Crippen molar-refractivity contribution >= 4 is 54.3 Å². The summed E-state index contributed by atoms with van der Waals surface area (Å²) in [7, 11) is 0. The first-order valence-corrected chi connectivity index (χ1v) is 16.4. The second-order valence-electron chi connectivity index (χ2n) is 12.4. The molecular weight excluding hydrogens is 599 g/mol. The molecule has 49 heavy (non-hydrogen) atoms. The van der Waals surface area contributed by atoms with Crippen molar-refractivity contribution in [3.05, 3.63) is 164 Å². The molecule has 2 aromatic heterocycles. The molecule has 0 saturated heterocycles. The summed E-state index contributed by atoms with van der Waals surface area (Å²) in [5.74, 6) is 1.94. The Hall–Kier alpha value is -6.65. The van der Waals surface area contributed by atoms with E-state index in [1.165, 1.54) is 10.8 Å². The van der Waals surface area contributed by atoms with E-state index in [0.717, 1.165) is 71.3 Å². The summed E-state index contributed by atoms with van der Waals surface area (Å²) in [5.41, 5.74) is 6.94. The van der Waals surface area contributed by atoms with Gasteiger partial charge in [-0.25, -0.2) is 15.0 Å². The minimum atomic E-state index is 0.641. The number of hydrogen-bond acceptors (Lipinski definition) is 4. The highest BCUT2D eigenvalue weighted by Crippen LogP contribution is 2.39. The first-order valence-electron chi connectivity index (χ1n) is 16.4. The molecule has 4 nitrogen and oxygen atoms in total. The van der Waals surface area contributed by atoms with Crippen LogP contribution >= 0.6 is 0 Å². The average molecular weight is 626 g/mol. The molecule has 0 aliphatic rings. The van der Waals surface area contributed by atoms with Crippen LogP contribution in [0.25, 0.3) is 99.5 Å². The molecular formula is C45H27N3O. The quantitative estimate of drug-likeness (QED) is 0.195. The summed E-state index contributed by atoms with van der Waals surface area (Å²) < 4.78 is 6.32. The van der Waals surface area contributed by atoms with Crippen molar-refractivity contribution in [2.24, 2.45) is 0 Å². The lowest BCUT2D eigenvalue weighted by molar-refractivity contribution is 0.669. The van der Waals surface area contributed by atoms with Crippen molar-refractivity contribution in [3.63, 3.8) is 0 Å². The lowest BCUT2D eigenvalue weighted by Crippen LogP contribution is -2.01. The van der Waals surface area contributed by atoms with Crippen LogP contribution in [0.3, 0.4) is 0 Å². The molecule has 0 radical (unpaired) electrons. The lowest BCUT2D eigenvalue weighted by atomic mass is 9.93. The number of hydrogen-bond donors (Lipinski definition) is 0. The van der Waals surface area contributed by atoms with Gasteiger partial charge in [-0.05, 0) is 73.8 Å². The van der Waals surface area contributed by atoms with E-state index in [2.05, 4.69) is 133 Å². The first kappa shape index (κ1) is 27.5. The zero-order valence-corrected chi connectivity index (χ0v) is 26.3. The van der Waals surface area contributed by atoms with Crippen LogP contribution in [0.15, 0.2) is 168 Å².